The summed E-state index contributed by atoms with van der Waals surface area (Å²) in [5.74, 6) is 0. The molecular formula is C43H29N. The first-order valence-corrected chi connectivity index (χ1v) is 15.2. The maximum Gasteiger partial charge on any atom is 0.0547 e. The summed E-state index contributed by atoms with van der Waals surface area (Å²) in [6.07, 6.45) is 4.28. The first kappa shape index (κ1) is 24.9. The van der Waals surface area contributed by atoms with Gasteiger partial charge in [-0.3, -0.25) is 0 Å². The number of benzene rings is 7. The van der Waals surface area contributed by atoms with E-state index in [4.69, 9.17) is 0 Å². The monoisotopic (exact) mass is 559 g/mol. The molecule has 8 aromatic rings. The summed E-state index contributed by atoms with van der Waals surface area (Å²) in [5, 5.41) is 7.96. The third-order valence-electron chi connectivity index (χ3n) is 9.50. The van der Waals surface area contributed by atoms with E-state index < -0.39 is 0 Å². The molecule has 7 aromatic carbocycles. The lowest BCUT2D eigenvalue weighted by Gasteiger charge is -2.14. The zero-order valence-electron chi connectivity index (χ0n) is 24.3. The molecule has 44 heavy (non-hydrogen) atoms. The highest BCUT2D eigenvalue weighted by atomic mass is 15.0. The predicted octanol–water partition coefficient (Wildman–Crippen LogP) is 11.7. The molecule has 2 aliphatic carbocycles. The molecule has 0 fully saturated rings. The minimum absolute atomic E-state index is 0.998. The fourth-order valence-corrected chi connectivity index (χ4v) is 7.66. The van der Waals surface area contributed by atoms with E-state index in [1.807, 2.05) is 0 Å². The average Bonchev–Trinajstić information content (AvgIpc) is 3.72. The molecule has 1 nitrogen and oxygen atoms in total. The Kier molecular flexibility index (Phi) is 5.33. The highest BCUT2D eigenvalue weighted by Crippen LogP contribution is 2.50. The smallest absolute Gasteiger partial charge is 0.0547 e. The summed E-state index contributed by atoms with van der Waals surface area (Å²) in [5.41, 5.74) is 14.7. The van der Waals surface area contributed by atoms with Gasteiger partial charge in [-0.25, -0.2) is 0 Å². The molecule has 2 aliphatic rings. The van der Waals surface area contributed by atoms with Crippen LogP contribution in [0.25, 0.3) is 82.4 Å². The molecule has 0 bridgehead atoms. The lowest BCUT2D eigenvalue weighted by molar-refractivity contribution is 1.20. The van der Waals surface area contributed by atoms with E-state index in [0.29, 0.717) is 0 Å². The second kappa shape index (κ2) is 9.42. The number of hydrogen-bond acceptors (Lipinski definition) is 0. The first-order chi connectivity index (χ1) is 21.8. The van der Waals surface area contributed by atoms with Gasteiger partial charge in [0.1, 0.15) is 0 Å². The molecule has 1 heteroatoms. The third kappa shape index (κ3) is 3.35. The molecule has 206 valence electrons. The molecule has 0 spiro atoms. The molecule has 0 atom stereocenters. The van der Waals surface area contributed by atoms with Gasteiger partial charge in [0.15, 0.2) is 0 Å². The van der Waals surface area contributed by atoms with Gasteiger partial charge < -0.3 is 4.57 Å². The molecule has 0 radical (unpaired) electrons. The number of nitrogens with zero attached hydrogens (tertiary/aromatic N) is 1. The zero-order valence-corrected chi connectivity index (χ0v) is 24.3. The van der Waals surface area contributed by atoms with Gasteiger partial charge in [0.25, 0.3) is 0 Å². The molecule has 1 aromatic heterocycles. The summed E-state index contributed by atoms with van der Waals surface area (Å²) in [4.78, 5) is 0. The molecule has 0 saturated carbocycles. The molecule has 0 amide bonds. The van der Waals surface area contributed by atoms with Crippen LogP contribution < -0.4 is 0 Å². The zero-order chi connectivity index (χ0) is 29.4. The number of hydrogen-bond donors (Lipinski definition) is 0. The number of allylic oxidation sites excluding steroid dienone is 2. The van der Waals surface area contributed by atoms with E-state index in [-0.39, 0.29) is 0 Å². The van der Waals surface area contributed by atoms with Crippen molar-refractivity contribution in [3.05, 3.63) is 164 Å². The Morgan fingerprint density at radius 3 is 1.95 bits per heavy atom. The lowest BCUT2D eigenvalue weighted by atomic mass is 10.00. The molecule has 10 rings (SSSR count). The Bertz CT molecular complexity index is 2470. The summed E-state index contributed by atoms with van der Waals surface area (Å²) >= 11 is 0. The minimum Gasteiger partial charge on any atom is -0.309 e. The Balaban J connectivity index is 0.000000641. The van der Waals surface area contributed by atoms with Crippen molar-refractivity contribution in [2.24, 2.45) is 0 Å². The molecule has 0 unspecified atom stereocenters. The van der Waals surface area contributed by atoms with Crippen LogP contribution in [0.2, 0.25) is 0 Å². The van der Waals surface area contributed by atoms with Gasteiger partial charge >= 0.3 is 0 Å². The Hall–Kier alpha value is -5.66. The van der Waals surface area contributed by atoms with E-state index in [0.717, 1.165) is 6.42 Å². The summed E-state index contributed by atoms with van der Waals surface area (Å²) < 4.78 is 2.53. The molecular weight excluding hydrogens is 530 g/mol. The normalized spacial score (nSPS) is 12.2. The van der Waals surface area contributed by atoms with Gasteiger partial charge in [0.2, 0.25) is 0 Å². The summed E-state index contributed by atoms with van der Waals surface area (Å²) in [7, 11) is 0. The number of fused-ring (bicyclic) bond motifs is 11. The molecule has 0 saturated heterocycles. The fraction of sp³-hybridized carbons (Fsp3) is 0.0233. The van der Waals surface area contributed by atoms with Crippen LogP contribution in [-0.4, -0.2) is 4.57 Å². The standard InChI is InChI=1S/C39H23N.C4H6/c1-4-11-27-23(8-1)16-18-36-39(27)34-21-25-20-24-9-2-3-10-26(24)33(25)22-37(34)40(36)35-19-17-31-29-13-6-5-12-28(29)30-14-7-15-32(35)38(30)31;1-3-4-2/h1-19,21-22H,20H2;3-4H,1-2H2. The van der Waals surface area contributed by atoms with Crippen molar-refractivity contribution in [3.8, 4) is 39.1 Å². The second-order valence-corrected chi connectivity index (χ2v) is 11.8. The van der Waals surface area contributed by atoms with E-state index in [1.165, 1.54) is 93.5 Å². The van der Waals surface area contributed by atoms with E-state index in [2.05, 4.69) is 145 Å². The van der Waals surface area contributed by atoms with Crippen molar-refractivity contribution in [3.63, 3.8) is 0 Å². The topological polar surface area (TPSA) is 4.93 Å². The van der Waals surface area contributed by atoms with Gasteiger partial charge in [-0.05, 0) is 91.4 Å². The van der Waals surface area contributed by atoms with Crippen molar-refractivity contribution < 1.29 is 0 Å². The van der Waals surface area contributed by atoms with Crippen LogP contribution in [0.15, 0.2) is 153 Å². The van der Waals surface area contributed by atoms with Crippen LogP contribution >= 0.6 is 0 Å². The highest BCUT2D eigenvalue weighted by Gasteiger charge is 2.26. The minimum atomic E-state index is 0.998. The van der Waals surface area contributed by atoms with Crippen molar-refractivity contribution in [1.29, 1.82) is 0 Å². The maximum atomic E-state index is 3.36. The van der Waals surface area contributed by atoms with Crippen LogP contribution in [-0.2, 0) is 6.42 Å². The number of rotatable bonds is 2. The molecule has 1 heterocycles. The molecule has 0 aliphatic heterocycles. The van der Waals surface area contributed by atoms with Gasteiger partial charge in [-0.2, -0.15) is 0 Å². The van der Waals surface area contributed by atoms with Crippen LogP contribution in [0.5, 0.6) is 0 Å². The maximum absolute atomic E-state index is 3.36. The van der Waals surface area contributed by atoms with Crippen LogP contribution in [0.1, 0.15) is 11.1 Å². The quantitative estimate of drug-likeness (QED) is 0.186. The largest absolute Gasteiger partial charge is 0.309 e. The van der Waals surface area contributed by atoms with Crippen LogP contribution in [0.4, 0.5) is 0 Å². The molecule has 0 N–H and O–H groups in total. The van der Waals surface area contributed by atoms with Gasteiger partial charge in [-0.15, -0.1) is 0 Å². The summed E-state index contributed by atoms with van der Waals surface area (Å²) in [6, 6.07) is 47.6. The van der Waals surface area contributed by atoms with Crippen LogP contribution in [0.3, 0.4) is 0 Å². The van der Waals surface area contributed by atoms with Crippen molar-refractivity contribution >= 4 is 43.4 Å². The van der Waals surface area contributed by atoms with Gasteiger partial charge in [0.05, 0.1) is 16.7 Å². The van der Waals surface area contributed by atoms with Crippen molar-refractivity contribution in [2.45, 2.75) is 6.42 Å². The number of aromatic nitrogens is 1. The first-order valence-electron chi connectivity index (χ1n) is 15.2. The van der Waals surface area contributed by atoms with Crippen molar-refractivity contribution in [2.75, 3.05) is 0 Å². The second-order valence-electron chi connectivity index (χ2n) is 11.8. The van der Waals surface area contributed by atoms with E-state index in [1.54, 1.807) is 12.2 Å². The summed E-state index contributed by atoms with van der Waals surface area (Å²) in [6.45, 7) is 6.72. The fourth-order valence-electron chi connectivity index (χ4n) is 7.66. The SMILES string of the molecule is C=CC=C.c1ccc2c(c1)Cc1cc3c4c5ccccc5ccc4n(-c4ccc5c6c(cccc46)-c4ccccc4-5)c3cc1-2. The predicted molar refractivity (Wildman–Crippen MR) is 189 cm³/mol. The third-order valence-corrected chi connectivity index (χ3v) is 9.50. The van der Waals surface area contributed by atoms with Crippen molar-refractivity contribution in [1.82, 2.24) is 4.57 Å². The Morgan fingerprint density at radius 2 is 1.14 bits per heavy atom. The van der Waals surface area contributed by atoms with Gasteiger partial charge in [0, 0.05) is 16.2 Å². The Morgan fingerprint density at radius 1 is 0.455 bits per heavy atom. The Labute approximate surface area is 256 Å². The average molecular weight is 560 g/mol. The van der Waals surface area contributed by atoms with E-state index in [9.17, 15) is 0 Å². The van der Waals surface area contributed by atoms with Gasteiger partial charge in [-0.1, -0.05) is 128 Å². The highest BCUT2D eigenvalue weighted by molar-refractivity contribution is 6.23. The van der Waals surface area contributed by atoms with E-state index >= 15 is 0 Å². The lowest BCUT2D eigenvalue weighted by Crippen LogP contribution is -1.96. The van der Waals surface area contributed by atoms with Crippen LogP contribution in [0, 0.1) is 0 Å².